The number of hydrogen-bond acceptors (Lipinski definition) is 6. The van der Waals surface area contributed by atoms with Gasteiger partial charge in [-0.15, -0.1) is 0 Å². The Morgan fingerprint density at radius 1 is 1.19 bits per heavy atom. The topological polar surface area (TPSA) is 119 Å². The van der Waals surface area contributed by atoms with Gasteiger partial charge in [0.15, 0.2) is 6.29 Å². The number of halogens is 1. The molecule has 1 fully saturated rings. The Labute approximate surface area is 137 Å². The summed E-state index contributed by atoms with van der Waals surface area (Å²) in [5.74, 6) is 0. The molecule has 0 saturated carbocycles. The van der Waals surface area contributed by atoms with Crippen molar-refractivity contribution in [1.29, 1.82) is 0 Å². The quantitative estimate of drug-likeness (QED) is 0.380. The van der Waals surface area contributed by atoms with Gasteiger partial charge in [0, 0.05) is 3.57 Å². The molecule has 9 heteroatoms. The van der Waals surface area contributed by atoms with Crippen molar-refractivity contribution in [2.24, 2.45) is 0 Å². The van der Waals surface area contributed by atoms with Gasteiger partial charge in [0.25, 0.3) is 0 Å². The van der Waals surface area contributed by atoms with Gasteiger partial charge in [-0.2, -0.15) is 0 Å². The van der Waals surface area contributed by atoms with Crippen molar-refractivity contribution in [3.63, 3.8) is 0 Å². The summed E-state index contributed by atoms with van der Waals surface area (Å²) in [5.41, 5.74) is 0. The minimum atomic E-state index is -1.69. The average Bonchev–Trinajstić information content (AvgIpc) is 2.47. The predicted molar refractivity (Wildman–Crippen MR) is 82.5 cm³/mol. The van der Waals surface area contributed by atoms with Gasteiger partial charge >= 0.3 is 0 Å². The van der Waals surface area contributed by atoms with E-state index in [-0.39, 0.29) is 0 Å². The van der Waals surface area contributed by atoms with Gasteiger partial charge < -0.3 is 25.2 Å². The van der Waals surface area contributed by atoms with Crippen molar-refractivity contribution in [1.82, 2.24) is 4.72 Å². The summed E-state index contributed by atoms with van der Waals surface area (Å²) in [6.45, 7) is -0.539. The lowest BCUT2D eigenvalue weighted by molar-refractivity contribution is -0.251. The molecule has 1 aromatic carbocycles. The van der Waals surface area contributed by atoms with Crippen molar-refractivity contribution in [3.8, 4) is 0 Å². The van der Waals surface area contributed by atoms with Crippen LogP contribution in [0, 0.1) is 3.57 Å². The Balaban J connectivity index is 2.07. The zero-order valence-corrected chi connectivity index (χ0v) is 13.8. The van der Waals surface area contributed by atoms with Gasteiger partial charge in [-0.05, 0) is 46.9 Å². The van der Waals surface area contributed by atoms with Gasteiger partial charge in [-0.3, -0.25) is 0 Å². The number of hydrogen-bond donors (Lipinski definition) is 5. The Morgan fingerprint density at radius 2 is 1.81 bits per heavy atom. The van der Waals surface area contributed by atoms with Crippen LogP contribution in [0.4, 0.5) is 0 Å². The molecule has 0 aromatic heterocycles. The molecular formula is C12H16INO6S. The van der Waals surface area contributed by atoms with Crippen LogP contribution in [0.3, 0.4) is 0 Å². The fourth-order valence-corrected chi connectivity index (χ4v) is 3.36. The van der Waals surface area contributed by atoms with E-state index in [2.05, 4.69) is 27.3 Å². The number of aliphatic hydroxyl groups excluding tert-OH is 4. The van der Waals surface area contributed by atoms with Crippen LogP contribution in [0.25, 0.3) is 0 Å². The monoisotopic (exact) mass is 429 g/mol. The third-order valence-corrected chi connectivity index (χ3v) is 5.08. The molecule has 6 atom stereocenters. The summed E-state index contributed by atoms with van der Waals surface area (Å²) in [4.78, 5) is 0.466. The van der Waals surface area contributed by atoms with Crippen molar-refractivity contribution in [2.45, 2.75) is 35.5 Å². The predicted octanol–water partition coefficient (Wildman–Crippen LogP) is -1.30. The molecule has 5 N–H and O–H groups in total. The largest absolute Gasteiger partial charge is 0.394 e. The SMILES string of the molecule is O=S(N[C@H]1C(O)O[C@H](CO)[C@@H](O)[C@@H]1O)c1ccc(I)cc1. The first kappa shape index (κ1) is 17.2. The van der Waals surface area contributed by atoms with Crippen molar-refractivity contribution in [2.75, 3.05) is 6.61 Å². The van der Waals surface area contributed by atoms with Crippen molar-refractivity contribution < 1.29 is 29.4 Å². The minimum Gasteiger partial charge on any atom is -0.394 e. The molecule has 0 spiro atoms. The molecule has 1 aliphatic rings. The van der Waals surface area contributed by atoms with E-state index in [9.17, 15) is 19.5 Å². The molecule has 0 bridgehead atoms. The molecule has 1 aromatic rings. The number of rotatable bonds is 4. The molecule has 118 valence electrons. The van der Waals surface area contributed by atoms with Crippen molar-refractivity contribution >= 4 is 33.6 Å². The fourth-order valence-electron chi connectivity index (χ4n) is 1.97. The maximum absolute atomic E-state index is 12.2. The summed E-state index contributed by atoms with van der Waals surface area (Å²) >= 11 is 2.11. The maximum atomic E-state index is 12.2. The van der Waals surface area contributed by atoms with E-state index >= 15 is 0 Å². The van der Waals surface area contributed by atoms with Crippen molar-refractivity contribution in [3.05, 3.63) is 27.8 Å². The summed E-state index contributed by atoms with van der Waals surface area (Å²) in [7, 11) is -1.69. The van der Waals surface area contributed by atoms with Gasteiger partial charge in [0.1, 0.15) is 29.3 Å². The van der Waals surface area contributed by atoms with E-state index in [1.807, 2.05) is 0 Å². The minimum absolute atomic E-state index is 0.466. The molecule has 0 radical (unpaired) electrons. The smallest absolute Gasteiger partial charge is 0.174 e. The molecule has 21 heavy (non-hydrogen) atoms. The van der Waals surface area contributed by atoms with Crippen LogP contribution < -0.4 is 4.72 Å². The Kier molecular flexibility index (Phi) is 6.08. The second-order valence-corrected chi connectivity index (χ2v) is 7.09. The second-order valence-electron chi connectivity index (χ2n) is 4.60. The molecular weight excluding hydrogens is 413 g/mol. The van der Waals surface area contributed by atoms with Crippen LogP contribution in [-0.2, 0) is 15.7 Å². The molecule has 2 unspecified atom stereocenters. The van der Waals surface area contributed by atoms with Crippen LogP contribution in [0.1, 0.15) is 0 Å². The lowest BCUT2D eigenvalue weighted by atomic mass is 9.98. The Morgan fingerprint density at radius 3 is 2.38 bits per heavy atom. The van der Waals surface area contributed by atoms with Crippen LogP contribution >= 0.6 is 22.6 Å². The van der Waals surface area contributed by atoms with Crippen LogP contribution in [0.15, 0.2) is 29.2 Å². The van der Waals surface area contributed by atoms with E-state index in [1.54, 1.807) is 24.3 Å². The first-order valence-corrected chi connectivity index (χ1v) is 8.41. The summed E-state index contributed by atoms with van der Waals surface area (Å²) < 4.78 is 20.7. The first-order chi connectivity index (χ1) is 9.93. The molecule has 1 aliphatic heterocycles. The van der Waals surface area contributed by atoms with E-state index < -0.39 is 48.2 Å². The van der Waals surface area contributed by atoms with Crippen LogP contribution in [0.5, 0.6) is 0 Å². The molecule has 1 saturated heterocycles. The van der Waals surface area contributed by atoms with E-state index in [0.717, 1.165) is 3.57 Å². The maximum Gasteiger partial charge on any atom is 0.174 e. The molecule has 1 heterocycles. The summed E-state index contributed by atoms with van der Waals surface area (Å²) in [6, 6.07) is 5.72. The highest BCUT2D eigenvalue weighted by Gasteiger charge is 2.44. The zero-order valence-electron chi connectivity index (χ0n) is 10.8. The molecule has 0 aliphatic carbocycles. The number of nitrogens with one attached hydrogen (secondary N) is 1. The fraction of sp³-hybridized carbons (Fsp3) is 0.500. The second kappa shape index (κ2) is 7.42. The standard InChI is InChI=1S/C12H16INO6S/c13-6-1-3-7(4-2-6)21(19)14-9-11(17)10(16)8(5-15)20-12(9)18/h1-4,8-12,14-18H,5H2/t8-,9-,10-,11-,12?,21?/m1/s1. The summed E-state index contributed by atoms with van der Waals surface area (Å²) in [5, 5.41) is 38.5. The van der Waals surface area contributed by atoms with Gasteiger partial charge in [-0.25, -0.2) is 8.93 Å². The average molecular weight is 429 g/mol. The van der Waals surface area contributed by atoms with E-state index in [1.165, 1.54) is 0 Å². The highest BCUT2D eigenvalue weighted by molar-refractivity contribution is 14.1. The van der Waals surface area contributed by atoms with Gasteiger partial charge in [0.2, 0.25) is 0 Å². The number of ether oxygens (including phenoxy) is 1. The first-order valence-electron chi connectivity index (χ1n) is 6.18. The Bertz CT molecular complexity index is 501. The van der Waals surface area contributed by atoms with Gasteiger partial charge in [0.05, 0.1) is 17.5 Å². The van der Waals surface area contributed by atoms with Crippen LogP contribution in [0.2, 0.25) is 0 Å². The molecule has 2 rings (SSSR count). The third-order valence-electron chi connectivity index (χ3n) is 3.17. The normalized spacial score (nSPS) is 34.6. The number of aliphatic hydroxyl groups is 4. The lowest BCUT2D eigenvalue weighted by Crippen LogP contribution is -2.63. The molecule has 7 nitrogen and oxygen atoms in total. The summed E-state index contributed by atoms with van der Waals surface area (Å²) in [6.07, 6.45) is -5.38. The Hall–Kier alpha value is -0.140. The van der Waals surface area contributed by atoms with Gasteiger partial charge in [-0.1, -0.05) is 0 Å². The van der Waals surface area contributed by atoms with Crippen LogP contribution in [-0.4, -0.2) is 61.9 Å². The van der Waals surface area contributed by atoms with E-state index in [4.69, 9.17) is 9.84 Å². The number of benzene rings is 1. The zero-order chi connectivity index (χ0) is 15.6. The molecule has 0 amide bonds. The third kappa shape index (κ3) is 3.99. The highest BCUT2D eigenvalue weighted by Crippen LogP contribution is 2.21. The van der Waals surface area contributed by atoms with E-state index in [0.29, 0.717) is 4.90 Å². The highest BCUT2D eigenvalue weighted by atomic mass is 127. The lowest BCUT2D eigenvalue weighted by Gasteiger charge is -2.40.